The number of rotatable bonds is 1. The van der Waals surface area contributed by atoms with E-state index < -0.39 is 0 Å². The first kappa shape index (κ1) is 8.65. The minimum absolute atomic E-state index is 0.453. The third-order valence-corrected chi connectivity index (χ3v) is 2.93. The zero-order valence-electron chi connectivity index (χ0n) is 4.64. The van der Waals surface area contributed by atoms with Crippen LogP contribution in [-0.2, 0) is 0 Å². The van der Waals surface area contributed by atoms with E-state index in [1.54, 1.807) is 6.20 Å². The van der Waals surface area contributed by atoms with Crippen LogP contribution in [0, 0.1) is 0 Å². The van der Waals surface area contributed by atoms with Gasteiger partial charge in [-0.3, -0.25) is 0 Å². The number of hydrogen-bond donors (Lipinski definition) is 0. The van der Waals surface area contributed by atoms with E-state index in [-0.39, 0.29) is 0 Å². The number of aromatic nitrogens is 1. The lowest BCUT2D eigenvalue weighted by molar-refractivity contribution is 1.22. The minimum atomic E-state index is 0.453. The van der Waals surface area contributed by atoms with Crippen molar-refractivity contribution in [3.8, 4) is 0 Å². The Morgan fingerprint density at radius 1 is 1.60 bits per heavy atom. The van der Waals surface area contributed by atoms with Crippen molar-refractivity contribution in [3.05, 3.63) is 21.9 Å². The highest BCUT2D eigenvalue weighted by molar-refractivity contribution is 9.10. The van der Waals surface area contributed by atoms with Gasteiger partial charge in [-0.15, -0.1) is 0 Å². The SMILES string of the molecule is ClSc1cnc(Cl)c(Br)c1. The van der Waals surface area contributed by atoms with E-state index in [1.165, 1.54) is 0 Å². The smallest absolute Gasteiger partial charge is 0.143 e. The van der Waals surface area contributed by atoms with Crippen molar-refractivity contribution in [2.24, 2.45) is 0 Å². The summed E-state index contributed by atoms with van der Waals surface area (Å²) in [5.74, 6) is 0. The van der Waals surface area contributed by atoms with E-state index in [0.29, 0.717) is 5.15 Å². The summed E-state index contributed by atoms with van der Waals surface area (Å²) in [6.45, 7) is 0. The maximum absolute atomic E-state index is 5.63. The molecule has 0 aromatic carbocycles. The molecule has 0 saturated heterocycles. The molecule has 5 heteroatoms. The summed E-state index contributed by atoms with van der Waals surface area (Å²) >= 11 is 8.85. The first-order chi connectivity index (χ1) is 4.74. The summed E-state index contributed by atoms with van der Waals surface area (Å²) in [5, 5.41) is 0.453. The lowest BCUT2D eigenvalue weighted by atomic mass is 10.5. The van der Waals surface area contributed by atoms with Gasteiger partial charge in [-0.25, -0.2) is 4.98 Å². The predicted molar refractivity (Wildman–Crippen MR) is 48.7 cm³/mol. The Labute approximate surface area is 80.8 Å². The molecule has 0 aliphatic rings. The zero-order valence-corrected chi connectivity index (χ0v) is 8.56. The van der Waals surface area contributed by atoms with Crippen molar-refractivity contribution in [1.82, 2.24) is 4.98 Å². The Morgan fingerprint density at radius 2 is 2.30 bits per heavy atom. The average molecular weight is 259 g/mol. The minimum Gasteiger partial charge on any atom is -0.242 e. The van der Waals surface area contributed by atoms with Gasteiger partial charge in [0.2, 0.25) is 0 Å². The molecule has 10 heavy (non-hydrogen) atoms. The molecule has 1 nitrogen and oxygen atoms in total. The quantitative estimate of drug-likeness (QED) is 0.712. The molecule has 0 saturated carbocycles. The summed E-state index contributed by atoms with van der Waals surface area (Å²) < 4.78 is 0.764. The molecule has 0 N–H and O–H groups in total. The molecule has 0 aliphatic carbocycles. The van der Waals surface area contributed by atoms with Gasteiger partial charge in [-0.1, -0.05) is 11.6 Å². The van der Waals surface area contributed by atoms with E-state index in [4.69, 9.17) is 22.3 Å². The second-order valence-electron chi connectivity index (χ2n) is 1.52. The Bertz CT molecular complexity index is 243. The predicted octanol–water partition coefficient (Wildman–Crippen LogP) is 3.74. The highest BCUT2D eigenvalue weighted by Gasteiger charge is 1.98. The van der Waals surface area contributed by atoms with Crippen molar-refractivity contribution in [3.63, 3.8) is 0 Å². The van der Waals surface area contributed by atoms with Crippen LogP contribution in [0.1, 0.15) is 0 Å². The van der Waals surface area contributed by atoms with Crippen LogP contribution in [0.3, 0.4) is 0 Å². The summed E-state index contributed by atoms with van der Waals surface area (Å²) in [6, 6.07) is 1.81. The van der Waals surface area contributed by atoms with Gasteiger partial charge in [0.15, 0.2) is 0 Å². The molecule has 0 aliphatic heterocycles. The molecular weight excluding hydrogens is 257 g/mol. The fourth-order valence-corrected chi connectivity index (χ4v) is 1.56. The fourth-order valence-electron chi connectivity index (χ4n) is 0.446. The van der Waals surface area contributed by atoms with Crippen LogP contribution >= 0.6 is 49.2 Å². The molecule has 0 unspecified atom stereocenters. The van der Waals surface area contributed by atoms with E-state index in [9.17, 15) is 0 Å². The monoisotopic (exact) mass is 257 g/mol. The average Bonchev–Trinajstić information content (AvgIpc) is 1.95. The summed E-state index contributed by atoms with van der Waals surface area (Å²) in [5.41, 5.74) is 0. The normalized spacial score (nSPS) is 9.90. The van der Waals surface area contributed by atoms with Gasteiger partial charge in [0, 0.05) is 11.1 Å². The number of hydrogen-bond acceptors (Lipinski definition) is 2. The second kappa shape index (κ2) is 3.81. The lowest BCUT2D eigenvalue weighted by Crippen LogP contribution is -1.76. The summed E-state index contributed by atoms with van der Waals surface area (Å²) in [6.07, 6.45) is 1.62. The van der Waals surface area contributed by atoms with Crippen LogP contribution < -0.4 is 0 Å². The molecule has 0 spiro atoms. The largest absolute Gasteiger partial charge is 0.242 e. The van der Waals surface area contributed by atoms with Gasteiger partial charge >= 0.3 is 0 Å². The molecule has 0 radical (unpaired) electrons. The molecule has 0 bridgehead atoms. The molecular formula is C5H2BrCl2NS. The van der Waals surface area contributed by atoms with Crippen molar-refractivity contribution in [1.29, 1.82) is 0 Å². The van der Waals surface area contributed by atoms with Crippen molar-refractivity contribution >= 4 is 49.2 Å². The number of pyridine rings is 1. The van der Waals surface area contributed by atoms with Crippen molar-refractivity contribution in [2.75, 3.05) is 0 Å². The molecule has 0 amide bonds. The van der Waals surface area contributed by atoms with Gasteiger partial charge in [0.25, 0.3) is 0 Å². The first-order valence-corrected chi connectivity index (χ1v) is 5.15. The fraction of sp³-hybridized carbons (Fsp3) is 0. The lowest BCUT2D eigenvalue weighted by Gasteiger charge is -1.95. The van der Waals surface area contributed by atoms with Crippen molar-refractivity contribution < 1.29 is 0 Å². The first-order valence-electron chi connectivity index (χ1n) is 2.33. The summed E-state index contributed by atoms with van der Waals surface area (Å²) in [4.78, 5) is 4.74. The molecule has 1 heterocycles. The van der Waals surface area contributed by atoms with Crippen LogP contribution in [-0.4, -0.2) is 4.98 Å². The molecule has 1 aromatic heterocycles. The maximum atomic E-state index is 5.63. The third-order valence-electron chi connectivity index (χ3n) is 0.860. The van der Waals surface area contributed by atoms with Gasteiger partial charge in [-0.2, -0.15) is 0 Å². The van der Waals surface area contributed by atoms with E-state index in [2.05, 4.69) is 20.9 Å². The molecule has 1 aromatic rings. The highest BCUT2D eigenvalue weighted by Crippen LogP contribution is 2.27. The molecule has 1 rings (SSSR count). The molecule has 54 valence electrons. The van der Waals surface area contributed by atoms with Gasteiger partial charge in [0.05, 0.1) is 4.47 Å². The Morgan fingerprint density at radius 3 is 2.80 bits per heavy atom. The van der Waals surface area contributed by atoms with Crippen LogP contribution in [0.5, 0.6) is 0 Å². The van der Waals surface area contributed by atoms with Crippen molar-refractivity contribution in [2.45, 2.75) is 4.90 Å². The third kappa shape index (κ3) is 2.02. The Balaban J connectivity index is 3.04. The van der Waals surface area contributed by atoms with E-state index >= 15 is 0 Å². The molecule has 0 fully saturated rings. The van der Waals surface area contributed by atoms with E-state index in [1.807, 2.05) is 6.07 Å². The van der Waals surface area contributed by atoms with Gasteiger partial charge < -0.3 is 0 Å². The van der Waals surface area contributed by atoms with Gasteiger partial charge in [-0.05, 0) is 43.7 Å². The zero-order chi connectivity index (χ0) is 7.56. The highest BCUT2D eigenvalue weighted by atomic mass is 79.9. The van der Waals surface area contributed by atoms with Crippen LogP contribution in [0.25, 0.3) is 0 Å². The van der Waals surface area contributed by atoms with Gasteiger partial charge in [0.1, 0.15) is 5.15 Å². The van der Waals surface area contributed by atoms with E-state index in [0.717, 1.165) is 20.3 Å². The topological polar surface area (TPSA) is 12.9 Å². The van der Waals surface area contributed by atoms with Crippen LogP contribution in [0.4, 0.5) is 0 Å². The number of nitrogens with zero attached hydrogens (tertiary/aromatic N) is 1. The second-order valence-corrected chi connectivity index (χ2v) is 3.82. The maximum Gasteiger partial charge on any atom is 0.143 e. The van der Waals surface area contributed by atoms with Crippen LogP contribution in [0.15, 0.2) is 21.6 Å². The van der Waals surface area contributed by atoms with Crippen LogP contribution in [0.2, 0.25) is 5.15 Å². The molecule has 0 atom stereocenters. The standard InChI is InChI=1S/C5H2BrCl2NS/c6-4-1-3(10-8)2-9-5(4)7/h1-2H. The number of halogens is 3. The Kier molecular flexibility index (Phi) is 3.30. The Hall–Kier alpha value is 0.560. The summed E-state index contributed by atoms with van der Waals surface area (Å²) in [7, 11) is 6.58.